The Hall–Kier alpha value is -1.88. The first kappa shape index (κ1) is 27.4. The van der Waals surface area contributed by atoms with E-state index >= 15 is 0 Å². The Morgan fingerprint density at radius 3 is 2.91 bits per heavy atom. The molecule has 0 amide bonds. The number of anilines is 1. The Bertz CT molecular complexity index is 851. The molecule has 8 nitrogen and oxygen atoms in total. The second kappa shape index (κ2) is 14.4. The number of benzene rings is 1. The summed E-state index contributed by atoms with van der Waals surface area (Å²) in [5.41, 5.74) is 2.52. The molecule has 2 N–H and O–H groups in total. The van der Waals surface area contributed by atoms with E-state index in [1.165, 1.54) is 11.3 Å². The minimum Gasteiger partial charge on any atom is -0.376 e. The van der Waals surface area contributed by atoms with Gasteiger partial charge in [-0.2, -0.15) is 0 Å². The van der Waals surface area contributed by atoms with Crippen molar-refractivity contribution in [1.82, 2.24) is 25.4 Å². The number of aromatic nitrogens is 3. The van der Waals surface area contributed by atoms with E-state index in [2.05, 4.69) is 82.3 Å². The smallest absolute Gasteiger partial charge is 0.191 e. The van der Waals surface area contributed by atoms with Crippen molar-refractivity contribution in [2.75, 3.05) is 37.7 Å². The highest BCUT2D eigenvalue weighted by molar-refractivity contribution is 14.0. The predicted octanol–water partition coefficient (Wildman–Crippen LogP) is 3.40. The SMILES string of the molecule is CCc1nncn1CCNC(=NCCN(CC)c1cccc(C)c1)NC(C)C1CCCO1.I. The minimum atomic E-state index is 0. The van der Waals surface area contributed by atoms with Gasteiger partial charge in [0.15, 0.2) is 5.96 Å². The monoisotopic (exact) mass is 569 g/mol. The molecule has 2 aromatic rings. The first-order valence-electron chi connectivity index (χ1n) is 12.0. The molecule has 2 heterocycles. The number of nitrogens with zero attached hydrogens (tertiary/aromatic N) is 5. The second-order valence-corrected chi connectivity index (χ2v) is 8.35. The van der Waals surface area contributed by atoms with Crippen LogP contribution < -0.4 is 15.5 Å². The Morgan fingerprint density at radius 1 is 1.36 bits per heavy atom. The van der Waals surface area contributed by atoms with Gasteiger partial charge < -0.3 is 24.8 Å². The van der Waals surface area contributed by atoms with Crippen LogP contribution in [0.2, 0.25) is 0 Å². The summed E-state index contributed by atoms with van der Waals surface area (Å²) in [6, 6.07) is 8.86. The Morgan fingerprint density at radius 2 is 2.21 bits per heavy atom. The van der Waals surface area contributed by atoms with E-state index in [9.17, 15) is 0 Å². The largest absolute Gasteiger partial charge is 0.376 e. The van der Waals surface area contributed by atoms with Crippen molar-refractivity contribution < 1.29 is 4.74 Å². The highest BCUT2D eigenvalue weighted by atomic mass is 127. The van der Waals surface area contributed by atoms with Gasteiger partial charge in [0.2, 0.25) is 0 Å². The number of aryl methyl sites for hydroxylation is 2. The zero-order chi connectivity index (χ0) is 22.8. The first-order valence-corrected chi connectivity index (χ1v) is 12.0. The van der Waals surface area contributed by atoms with Gasteiger partial charge in [0.25, 0.3) is 0 Å². The fraction of sp³-hybridized carbons (Fsp3) is 0.625. The van der Waals surface area contributed by atoms with E-state index in [1.807, 2.05) is 0 Å². The molecule has 0 bridgehead atoms. The summed E-state index contributed by atoms with van der Waals surface area (Å²) >= 11 is 0. The Kier molecular flexibility index (Phi) is 11.9. The third-order valence-electron chi connectivity index (χ3n) is 5.93. The number of likely N-dealkylation sites (N-methyl/N-ethyl adjacent to an activating group) is 1. The van der Waals surface area contributed by atoms with Crippen LogP contribution in [0.25, 0.3) is 0 Å². The normalized spacial score (nSPS) is 16.8. The summed E-state index contributed by atoms with van der Waals surface area (Å²) in [7, 11) is 0. The fourth-order valence-corrected chi connectivity index (χ4v) is 4.07. The molecule has 0 saturated carbocycles. The van der Waals surface area contributed by atoms with Crippen molar-refractivity contribution in [3.8, 4) is 0 Å². The summed E-state index contributed by atoms with van der Waals surface area (Å²) in [4.78, 5) is 7.25. The summed E-state index contributed by atoms with van der Waals surface area (Å²) < 4.78 is 7.95. The molecule has 3 rings (SSSR count). The summed E-state index contributed by atoms with van der Waals surface area (Å²) in [5.74, 6) is 1.84. The van der Waals surface area contributed by atoms with Crippen molar-refractivity contribution in [1.29, 1.82) is 0 Å². The topological polar surface area (TPSA) is 79.6 Å². The number of ether oxygens (including phenoxy) is 1. The lowest BCUT2D eigenvalue weighted by molar-refractivity contribution is 0.0890. The van der Waals surface area contributed by atoms with E-state index in [-0.39, 0.29) is 36.1 Å². The maximum absolute atomic E-state index is 5.86. The lowest BCUT2D eigenvalue weighted by Gasteiger charge is -2.25. The lowest BCUT2D eigenvalue weighted by atomic mass is 10.1. The zero-order valence-electron chi connectivity index (χ0n) is 20.5. The van der Waals surface area contributed by atoms with E-state index in [1.54, 1.807) is 6.33 Å². The summed E-state index contributed by atoms with van der Waals surface area (Å²) in [5, 5.41) is 15.2. The van der Waals surface area contributed by atoms with Crippen molar-refractivity contribution in [3.63, 3.8) is 0 Å². The summed E-state index contributed by atoms with van der Waals surface area (Å²) in [6.07, 6.45) is 5.14. The highest BCUT2D eigenvalue weighted by Gasteiger charge is 2.23. The molecule has 0 spiro atoms. The quantitative estimate of drug-likeness (QED) is 0.246. The zero-order valence-corrected chi connectivity index (χ0v) is 22.8. The number of aliphatic imine (C=N–C) groups is 1. The number of rotatable bonds is 11. The number of guanidine groups is 1. The number of nitrogens with one attached hydrogen (secondary N) is 2. The van der Waals surface area contributed by atoms with Crippen LogP contribution in [0.4, 0.5) is 5.69 Å². The van der Waals surface area contributed by atoms with Crippen LogP contribution in [0.15, 0.2) is 35.6 Å². The molecule has 9 heteroatoms. The van der Waals surface area contributed by atoms with Crippen LogP contribution in [0.1, 0.15) is 45.0 Å². The molecule has 1 aliphatic heterocycles. The average Bonchev–Trinajstić information content (AvgIpc) is 3.48. The van der Waals surface area contributed by atoms with Crippen LogP contribution in [-0.2, 0) is 17.7 Å². The van der Waals surface area contributed by atoms with Crippen LogP contribution in [0.3, 0.4) is 0 Å². The maximum atomic E-state index is 5.86. The molecule has 184 valence electrons. The van der Waals surface area contributed by atoms with E-state index in [0.717, 1.165) is 63.8 Å². The van der Waals surface area contributed by atoms with E-state index < -0.39 is 0 Å². The maximum Gasteiger partial charge on any atom is 0.191 e. The molecule has 1 aromatic carbocycles. The molecule has 1 fully saturated rings. The van der Waals surface area contributed by atoms with Crippen molar-refractivity contribution in [2.45, 2.75) is 65.6 Å². The third-order valence-corrected chi connectivity index (χ3v) is 5.93. The molecule has 1 aromatic heterocycles. The molecule has 2 unspecified atom stereocenters. The molecule has 33 heavy (non-hydrogen) atoms. The Balaban J connectivity index is 0.00000385. The van der Waals surface area contributed by atoms with Gasteiger partial charge >= 0.3 is 0 Å². The van der Waals surface area contributed by atoms with Gasteiger partial charge in [-0.05, 0) is 51.3 Å². The minimum absolute atomic E-state index is 0. The molecule has 2 atom stereocenters. The standard InChI is InChI=1S/C24H39N7O.HI/c1-5-23-29-27-18-31(23)15-13-26-24(28-20(4)22-11-8-16-32-22)25-12-14-30(6-2)21-10-7-9-19(3)17-21;/h7,9-10,17-18,20,22H,5-6,8,11-16H2,1-4H3,(H2,25,26,28);1H. The molecule has 0 aliphatic carbocycles. The van der Waals surface area contributed by atoms with Gasteiger partial charge in [0.1, 0.15) is 12.2 Å². The van der Waals surface area contributed by atoms with E-state index in [0.29, 0.717) is 6.54 Å². The van der Waals surface area contributed by atoms with Gasteiger partial charge in [-0.1, -0.05) is 19.1 Å². The van der Waals surface area contributed by atoms with Gasteiger partial charge in [-0.3, -0.25) is 4.99 Å². The molecule has 1 aliphatic rings. The van der Waals surface area contributed by atoms with E-state index in [4.69, 9.17) is 9.73 Å². The van der Waals surface area contributed by atoms with Crippen LogP contribution in [0.5, 0.6) is 0 Å². The lowest BCUT2D eigenvalue weighted by Crippen LogP contribution is -2.48. The van der Waals surface area contributed by atoms with Crippen LogP contribution in [0, 0.1) is 6.92 Å². The molecular formula is C24H40IN7O. The first-order chi connectivity index (χ1) is 15.6. The van der Waals surface area contributed by atoms with Crippen molar-refractivity contribution >= 4 is 35.6 Å². The second-order valence-electron chi connectivity index (χ2n) is 8.35. The number of hydrogen-bond donors (Lipinski definition) is 2. The van der Waals surface area contributed by atoms with Gasteiger partial charge in [-0.15, -0.1) is 34.2 Å². The number of halogens is 1. The van der Waals surface area contributed by atoms with Gasteiger partial charge in [0, 0.05) is 44.9 Å². The van der Waals surface area contributed by atoms with Gasteiger partial charge in [0.05, 0.1) is 18.7 Å². The molecule has 1 saturated heterocycles. The van der Waals surface area contributed by atoms with Gasteiger partial charge in [-0.25, -0.2) is 0 Å². The van der Waals surface area contributed by atoms with Crippen molar-refractivity contribution in [3.05, 3.63) is 42.0 Å². The summed E-state index contributed by atoms with van der Waals surface area (Å²) in [6.45, 7) is 13.5. The fourth-order valence-electron chi connectivity index (χ4n) is 4.07. The number of hydrogen-bond acceptors (Lipinski definition) is 5. The van der Waals surface area contributed by atoms with Crippen LogP contribution >= 0.6 is 24.0 Å². The molecule has 0 radical (unpaired) electrons. The molecular weight excluding hydrogens is 529 g/mol. The predicted molar refractivity (Wildman–Crippen MR) is 146 cm³/mol. The third kappa shape index (κ3) is 8.44. The Labute approximate surface area is 215 Å². The van der Waals surface area contributed by atoms with Crippen LogP contribution in [-0.4, -0.2) is 65.7 Å². The highest BCUT2D eigenvalue weighted by Crippen LogP contribution is 2.16. The average molecular weight is 570 g/mol. The van der Waals surface area contributed by atoms with Crippen molar-refractivity contribution in [2.24, 2.45) is 4.99 Å².